The van der Waals surface area contributed by atoms with E-state index < -0.39 is 0 Å². The summed E-state index contributed by atoms with van der Waals surface area (Å²) in [6.07, 6.45) is 1.64. The summed E-state index contributed by atoms with van der Waals surface area (Å²) in [7, 11) is 0. The molecule has 0 bridgehead atoms. The summed E-state index contributed by atoms with van der Waals surface area (Å²) in [6.45, 7) is 7.41. The first-order valence-corrected chi connectivity index (χ1v) is 9.37. The van der Waals surface area contributed by atoms with Crippen LogP contribution in [0.5, 0.6) is 0 Å². The summed E-state index contributed by atoms with van der Waals surface area (Å²) in [6, 6.07) is 15.6. The Labute approximate surface area is 163 Å². The van der Waals surface area contributed by atoms with Crippen molar-refractivity contribution in [1.82, 2.24) is 20.1 Å². The van der Waals surface area contributed by atoms with Crippen molar-refractivity contribution in [3.63, 3.8) is 0 Å². The summed E-state index contributed by atoms with van der Waals surface area (Å²) in [5.41, 5.74) is 3.00. The molecule has 28 heavy (non-hydrogen) atoms. The lowest BCUT2D eigenvalue weighted by Crippen LogP contribution is -2.21. The molecule has 0 spiro atoms. The van der Waals surface area contributed by atoms with E-state index in [9.17, 15) is 4.79 Å². The van der Waals surface area contributed by atoms with Gasteiger partial charge in [0, 0.05) is 22.9 Å². The SMILES string of the molecule is CC(C)(C)c1nn(-c2ccccc2)c2[nH]c(=O)c(CNCc3ccco3)cc12. The number of hydrogen-bond acceptors (Lipinski definition) is 4. The van der Waals surface area contributed by atoms with Crippen molar-refractivity contribution in [2.75, 3.05) is 0 Å². The van der Waals surface area contributed by atoms with Crippen LogP contribution in [0, 0.1) is 0 Å². The van der Waals surface area contributed by atoms with E-state index in [4.69, 9.17) is 9.52 Å². The van der Waals surface area contributed by atoms with Crippen LogP contribution in [-0.2, 0) is 18.5 Å². The average Bonchev–Trinajstić information content (AvgIpc) is 3.30. The second kappa shape index (κ2) is 7.13. The second-order valence-corrected chi connectivity index (χ2v) is 7.91. The van der Waals surface area contributed by atoms with Crippen LogP contribution in [0.4, 0.5) is 0 Å². The van der Waals surface area contributed by atoms with Crippen LogP contribution in [0.25, 0.3) is 16.7 Å². The van der Waals surface area contributed by atoms with Gasteiger partial charge in [-0.2, -0.15) is 5.10 Å². The Bertz CT molecular complexity index is 1130. The number of aromatic amines is 1. The van der Waals surface area contributed by atoms with Crippen LogP contribution in [0.3, 0.4) is 0 Å². The molecule has 0 fully saturated rings. The molecule has 0 saturated heterocycles. The van der Waals surface area contributed by atoms with E-state index in [0.29, 0.717) is 18.7 Å². The maximum absolute atomic E-state index is 12.7. The van der Waals surface area contributed by atoms with Gasteiger partial charge in [-0.15, -0.1) is 0 Å². The molecule has 0 unspecified atom stereocenters. The molecular weight excluding hydrogens is 352 g/mol. The van der Waals surface area contributed by atoms with E-state index in [1.54, 1.807) is 6.26 Å². The van der Waals surface area contributed by atoms with Gasteiger partial charge in [0.1, 0.15) is 11.4 Å². The molecule has 0 aliphatic carbocycles. The van der Waals surface area contributed by atoms with Crippen LogP contribution in [0.1, 0.15) is 37.8 Å². The van der Waals surface area contributed by atoms with Gasteiger partial charge in [-0.05, 0) is 30.3 Å². The van der Waals surface area contributed by atoms with Crippen molar-refractivity contribution < 1.29 is 4.42 Å². The fourth-order valence-electron chi connectivity index (χ4n) is 3.29. The van der Waals surface area contributed by atoms with Crippen molar-refractivity contribution >= 4 is 11.0 Å². The molecule has 3 heterocycles. The number of benzene rings is 1. The minimum absolute atomic E-state index is 0.114. The minimum atomic E-state index is -0.157. The second-order valence-electron chi connectivity index (χ2n) is 7.91. The third kappa shape index (κ3) is 3.51. The average molecular weight is 376 g/mol. The number of furan rings is 1. The molecule has 0 atom stereocenters. The first kappa shape index (κ1) is 18.3. The molecule has 0 aliphatic rings. The molecule has 0 radical (unpaired) electrons. The zero-order chi connectivity index (χ0) is 19.7. The number of pyridine rings is 1. The predicted octanol–water partition coefficient (Wildman–Crippen LogP) is 3.89. The third-order valence-corrected chi connectivity index (χ3v) is 4.67. The molecule has 4 aromatic rings. The summed E-state index contributed by atoms with van der Waals surface area (Å²) in [5.74, 6) is 0.838. The van der Waals surface area contributed by atoms with Crippen LogP contribution in [0.15, 0.2) is 64.0 Å². The number of H-pyrrole nitrogens is 1. The number of rotatable bonds is 5. The molecule has 6 nitrogen and oxygen atoms in total. The zero-order valence-electron chi connectivity index (χ0n) is 16.3. The first-order chi connectivity index (χ1) is 13.4. The van der Waals surface area contributed by atoms with Crippen molar-refractivity contribution in [1.29, 1.82) is 0 Å². The summed E-state index contributed by atoms with van der Waals surface area (Å²) in [4.78, 5) is 15.8. The minimum Gasteiger partial charge on any atom is -0.468 e. The van der Waals surface area contributed by atoms with Gasteiger partial charge in [-0.1, -0.05) is 39.0 Å². The van der Waals surface area contributed by atoms with Crippen molar-refractivity contribution in [3.8, 4) is 5.69 Å². The highest BCUT2D eigenvalue weighted by Crippen LogP contribution is 2.29. The van der Waals surface area contributed by atoms with E-state index in [2.05, 4.69) is 31.1 Å². The molecule has 0 saturated carbocycles. The van der Waals surface area contributed by atoms with E-state index in [1.807, 2.05) is 53.2 Å². The van der Waals surface area contributed by atoms with Gasteiger partial charge in [0.25, 0.3) is 5.56 Å². The Morgan fingerprint density at radius 3 is 2.57 bits per heavy atom. The highest BCUT2D eigenvalue weighted by molar-refractivity contribution is 5.81. The van der Waals surface area contributed by atoms with E-state index in [-0.39, 0.29) is 11.0 Å². The molecule has 2 N–H and O–H groups in total. The lowest BCUT2D eigenvalue weighted by Gasteiger charge is -2.15. The van der Waals surface area contributed by atoms with Crippen molar-refractivity contribution in [3.05, 3.63) is 82.2 Å². The number of aromatic nitrogens is 3. The molecular formula is C22H24N4O2. The number of nitrogens with zero attached hydrogens (tertiary/aromatic N) is 2. The molecule has 0 amide bonds. The Morgan fingerprint density at radius 2 is 1.89 bits per heavy atom. The Kier molecular flexibility index (Phi) is 4.65. The van der Waals surface area contributed by atoms with Gasteiger partial charge >= 0.3 is 0 Å². The highest BCUT2D eigenvalue weighted by Gasteiger charge is 2.24. The standard InChI is InChI=1S/C22H24N4O2/c1-22(2,3)19-18-12-15(13-23-14-17-10-7-11-28-17)21(27)24-20(18)26(25-19)16-8-5-4-6-9-16/h4-12,23H,13-14H2,1-3H3,(H,24,27). The van der Waals surface area contributed by atoms with Crippen LogP contribution >= 0.6 is 0 Å². The van der Waals surface area contributed by atoms with Gasteiger partial charge in [-0.3, -0.25) is 4.79 Å². The summed E-state index contributed by atoms with van der Waals surface area (Å²) >= 11 is 0. The zero-order valence-corrected chi connectivity index (χ0v) is 16.3. The maximum atomic E-state index is 12.7. The highest BCUT2D eigenvalue weighted by atomic mass is 16.3. The van der Waals surface area contributed by atoms with E-state index >= 15 is 0 Å². The Hall–Kier alpha value is -3.12. The van der Waals surface area contributed by atoms with E-state index in [1.165, 1.54) is 0 Å². The van der Waals surface area contributed by atoms with Gasteiger partial charge in [0.2, 0.25) is 0 Å². The van der Waals surface area contributed by atoms with Gasteiger partial charge in [-0.25, -0.2) is 4.68 Å². The smallest absolute Gasteiger partial charge is 0.254 e. The normalized spacial score (nSPS) is 12.0. The van der Waals surface area contributed by atoms with Crippen LogP contribution < -0.4 is 10.9 Å². The predicted molar refractivity (Wildman–Crippen MR) is 110 cm³/mol. The van der Waals surface area contributed by atoms with Crippen molar-refractivity contribution in [2.45, 2.75) is 39.3 Å². The van der Waals surface area contributed by atoms with Gasteiger partial charge < -0.3 is 14.7 Å². The van der Waals surface area contributed by atoms with Crippen molar-refractivity contribution in [2.24, 2.45) is 0 Å². The molecule has 1 aromatic carbocycles. The number of para-hydroxylation sites is 1. The molecule has 0 aliphatic heterocycles. The number of nitrogens with one attached hydrogen (secondary N) is 2. The molecule has 6 heteroatoms. The third-order valence-electron chi connectivity index (χ3n) is 4.67. The van der Waals surface area contributed by atoms with E-state index in [0.717, 1.165) is 28.2 Å². The topological polar surface area (TPSA) is 75.8 Å². The Morgan fingerprint density at radius 1 is 1.11 bits per heavy atom. The fourth-order valence-corrected chi connectivity index (χ4v) is 3.29. The molecule has 3 aromatic heterocycles. The fraction of sp³-hybridized carbons (Fsp3) is 0.273. The number of fused-ring (bicyclic) bond motifs is 1. The number of hydrogen-bond donors (Lipinski definition) is 2. The first-order valence-electron chi connectivity index (χ1n) is 9.37. The lowest BCUT2D eigenvalue weighted by molar-refractivity contribution is 0.482. The lowest BCUT2D eigenvalue weighted by atomic mass is 9.90. The van der Waals surface area contributed by atoms with Gasteiger partial charge in [0.15, 0.2) is 0 Å². The largest absolute Gasteiger partial charge is 0.468 e. The quantitative estimate of drug-likeness (QED) is 0.554. The van der Waals surface area contributed by atoms with Gasteiger partial charge in [0.05, 0.1) is 24.2 Å². The molecule has 4 rings (SSSR count). The maximum Gasteiger partial charge on any atom is 0.254 e. The molecule has 144 valence electrons. The summed E-state index contributed by atoms with van der Waals surface area (Å²) < 4.78 is 7.14. The Balaban J connectivity index is 1.76. The monoisotopic (exact) mass is 376 g/mol. The van der Waals surface area contributed by atoms with Crippen LogP contribution in [0.2, 0.25) is 0 Å². The van der Waals surface area contributed by atoms with Crippen LogP contribution in [-0.4, -0.2) is 14.8 Å². The summed E-state index contributed by atoms with van der Waals surface area (Å²) in [5, 5.41) is 9.07.